The van der Waals surface area contributed by atoms with E-state index in [9.17, 15) is 0 Å². The van der Waals surface area contributed by atoms with Gasteiger partial charge >= 0.3 is 0 Å². The van der Waals surface area contributed by atoms with Crippen LogP contribution in [0.15, 0.2) is 42.5 Å². The molecular formula is C19H14Cl3N5. The van der Waals surface area contributed by atoms with E-state index in [0.717, 1.165) is 17.1 Å². The van der Waals surface area contributed by atoms with Crippen molar-refractivity contribution in [3.8, 4) is 5.82 Å². The van der Waals surface area contributed by atoms with E-state index < -0.39 is 0 Å². The average molecular weight is 419 g/mol. The summed E-state index contributed by atoms with van der Waals surface area (Å²) in [5.74, 6) is 1.10. The zero-order valence-corrected chi connectivity index (χ0v) is 16.7. The van der Waals surface area contributed by atoms with E-state index in [1.54, 1.807) is 16.8 Å². The Morgan fingerprint density at radius 3 is 2.22 bits per heavy atom. The van der Waals surface area contributed by atoms with Gasteiger partial charge in [0.1, 0.15) is 0 Å². The van der Waals surface area contributed by atoms with E-state index in [2.05, 4.69) is 10.4 Å². The topological polar surface area (TPSA) is 55.6 Å². The molecule has 0 atom stereocenters. The molecular weight excluding hydrogens is 405 g/mol. The maximum absolute atomic E-state index is 6.16. The second kappa shape index (κ2) is 7.00. The summed E-state index contributed by atoms with van der Waals surface area (Å²) in [6, 6.07) is 12.8. The van der Waals surface area contributed by atoms with Crippen LogP contribution >= 0.6 is 34.8 Å². The number of fused-ring (bicyclic) bond motifs is 1. The molecule has 0 saturated heterocycles. The van der Waals surface area contributed by atoms with E-state index in [4.69, 9.17) is 44.8 Å². The zero-order chi connectivity index (χ0) is 19.1. The van der Waals surface area contributed by atoms with Gasteiger partial charge in [-0.25, -0.2) is 14.6 Å². The summed E-state index contributed by atoms with van der Waals surface area (Å²) in [6.45, 7) is 3.89. The number of aryl methyl sites for hydroxylation is 2. The number of benzene rings is 2. The lowest BCUT2D eigenvalue weighted by Crippen LogP contribution is -2.08. The Hall–Kier alpha value is -2.34. The maximum atomic E-state index is 6.16. The van der Waals surface area contributed by atoms with Crippen molar-refractivity contribution in [1.82, 2.24) is 19.7 Å². The molecule has 0 aliphatic rings. The molecule has 0 spiro atoms. The van der Waals surface area contributed by atoms with Gasteiger partial charge in [-0.15, -0.1) is 0 Å². The molecule has 1 N–H and O–H groups in total. The number of aromatic nitrogens is 4. The summed E-state index contributed by atoms with van der Waals surface area (Å²) in [5.41, 5.74) is 3.87. The van der Waals surface area contributed by atoms with Crippen LogP contribution in [-0.2, 0) is 0 Å². The van der Waals surface area contributed by atoms with Gasteiger partial charge in [-0.3, -0.25) is 0 Å². The molecule has 8 heteroatoms. The fraction of sp³-hybridized carbons (Fsp3) is 0.105. The van der Waals surface area contributed by atoms with Gasteiger partial charge in [0.25, 0.3) is 0 Å². The second-order valence-electron chi connectivity index (χ2n) is 6.13. The van der Waals surface area contributed by atoms with E-state index in [1.807, 2.05) is 44.2 Å². The second-order valence-corrected chi connectivity index (χ2v) is 7.38. The smallest absolute Gasteiger partial charge is 0.197 e. The Kier molecular flexibility index (Phi) is 4.68. The number of anilines is 2. The van der Waals surface area contributed by atoms with Gasteiger partial charge in [0, 0.05) is 16.4 Å². The molecule has 2 aromatic heterocycles. The highest BCUT2D eigenvalue weighted by Gasteiger charge is 2.16. The van der Waals surface area contributed by atoms with Crippen molar-refractivity contribution in [2.75, 3.05) is 5.32 Å². The van der Waals surface area contributed by atoms with Crippen molar-refractivity contribution in [2.24, 2.45) is 0 Å². The van der Waals surface area contributed by atoms with Crippen LogP contribution in [0.3, 0.4) is 0 Å². The lowest BCUT2D eigenvalue weighted by atomic mass is 10.3. The van der Waals surface area contributed by atoms with Gasteiger partial charge in [0.05, 0.1) is 26.8 Å². The molecule has 4 aromatic rings. The molecule has 0 unspecified atom stereocenters. The predicted molar refractivity (Wildman–Crippen MR) is 111 cm³/mol. The Bertz CT molecular complexity index is 1170. The van der Waals surface area contributed by atoms with Crippen LogP contribution in [0.5, 0.6) is 0 Å². The fourth-order valence-corrected chi connectivity index (χ4v) is 3.33. The van der Waals surface area contributed by atoms with Crippen LogP contribution in [0, 0.1) is 13.8 Å². The fourth-order valence-electron chi connectivity index (χ4n) is 2.82. The molecule has 0 bridgehead atoms. The van der Waals surface area contributed by atoms with Crippen molar-refractivity contribution in [3.63, 3.8) is 0 Å². The predicted octanol–water partition coefficient (Wildman–Crippen LogP) is 6.14. The quantitative estimate of drug-likeness (QED) is 0.434. The summed E-state index contributed by atoms with van der Waals surface area (Å²) >= 11 is 18.4. The first-order valence-electron chi connectivity index (χ1n) is 8.14. The normalized spacial score (nSPS) is 11.1. The minimum absolute atomic E-state index is 0.422. The lowest BCUT2D eigenvalue weighted by Gasteiger charge is -2.13. The van der Waals surface area contributed by atoms with Gasteiger partial charge < -0.3 is 5.32 Å². The number of nitrogens with one attached hydrogen (secondary N) is 1. The van der Waals surface area contributed by atoms with Gasteiger partial charge in [0.15, 0.2) is 11.6 Å². The number of hydrogen-bond donors (Lipinski definition) is 1. The first-order valence-corrected chi connectivity index (χ1v) is 9.27. The summed E-state index contributed by atoms with van der Waals surface area (Å²) in [6.07, 6.45) is 0. The van der Waals surface area contributed by atoms with Crippen LogP contribution < -0.4 is 5.32 Å². The van der Waals surface area contributed by atoms with Crippen LogP contribution in [0.4, 0.5) is 11.5 Å². The van der Waals surface area contributed by atoms with Crippen molar-refractivity contribution >= 4 is 57.3 Å². The molecule has 2 heterocycles. The Labute approximate surface area is 170 Å². The first-order chi connectivity index (χ1) is 12.9. The summed E-state index contributed by atoms with van der Waals surface area (Å²) in [5, 5.41) is 9.28. The highest BCUT2D eigenvalue weighted by atomic mass is 35.5. The molecule has 27 heavy (non-hydrogen) atoms. The van der Waals surface area contributed by atoms with Crippen LogP contribution in [0.25, 0.3) is 16.9 Å². The third-order valence-electron chi connectivity index (χ3n) is 3.99. The largest absolute Gasteiger partial charge is 0.337 e. The van der Waals surface area contributed by atoms with E-state index in [1.165, 1.54) is 0 Å². The molecule has 0 fully saturated rings. The molecule has 0 aliphatic carbocycles. The molecule has 0 amide bonds. The first kappa shape index (κ1) is 18.0. The molecule has 136 valence electrons. The SMILES string of the molecule is Cc1cc(C)n(-c2nc3cc(Cl)c(Cl)cc3nc2Nc2cccc(Cl)c2)n1. The number of nitrogens with zero attached hydrogens (tertiary/aromatic N) is 4. The van der Waals surface area contributed by atoms with Crippen LogP contribution in [0.2, 0.25) is 15.1 Å². The average Bonchev–Trinajstić information content (AvgIpc) is 2.94. The zero-order valence-electron chi connectivity index (χ0n) is 14.5. The van der Waals surface area contributed by atoms with E-state index >= 15 is 0 Å². The molecule has 0 radical (unpaired) electrons. The minimum atomic E-state index is 0.422. The number of rotatable bonds is 3. The highest BCUT2D eigenvalue weighted by Crippen LogP contribution is 2.30. The number of hydrogen-bond acceptors (Lipinski definition) is 4. The van der Waals surface area contributed by atoms with Crippen molar-refractivity contribution in [3.05, 3.63) is 68.9 Å². The molecule has 0 saturated carbocycles. The highest BCUT2D eigenvalue weighted by molar-refractivity contribution is 6.42. The van der Waals surface area contributed by atoms with E-state index in [0.29, 0.717) is 37.7 Å². The molecule has 0 aliphatic heterocycles. The third-order valence-corrected chi connectivity index (χ3v) is 4.94. The van der Waals surface area contributed by atoms with Gasteiger partial charge in [-0.2, -0.15) is 5.10 Å². The molecule has 4 rings (SSSR count). The van der Waals surface area contributed by atoms with Crippen LogP contribution in [-0.4, -0.2) is 19.7 Å². The summed E-state index contributed by atoms with van der Waals surface area (Å²) < 4.78 is 1.75. The summed E-state index contributed by atoms with van der Waals surface area (Å²) in [7, 11) is 0. The van der Waals surface area contributed by atoms with Crippen molar-refractivity contribution in [1.29, 1.82) is 0 Å². The van der Waals surface area contributed by atoms with Gasteiger partial charge in [0.2, 0.25) is 0 Å². The Morgan fingerprint density at radius 1 is 0.889 bits per heavy atom. The van der Waals surface area contributed by atoms with E-state index in [-0.39, 0.29) is 0 Å². The Balaban J connectivity index is 1.94. The summed E-state index contributed by atoms with van der Waals surface area (Å²) in [4.78, 5) is 9.45. The maximum Gasteiger partial charge on any atom is 0.197 e. The van der Waals surface area contributed by atoms with Crippen molar-refractivity contribution < 1.29 is 0 Å². The Morgan fingerprint density at radius 2 is 1.59 bits per heavy atom. The molecule has 2 aromatic carbocycles. The van der Waals surface area contributed by atoms with Gasteiger partial charge in [-0.1, -0.05) is 40.9 Å². The van der Waals surface area contributed by atoms with Crippen molar-refractivity contribution in [2.45, 2.75) is 13.8 Å². The monoisotopic (exact) mass is 417 g/mol. The minimum Gasteiger partial charge on any atom is -0.337 e. The number of halogens is 3. The van der Waals surface area contributed by atoms with Crippen LogP contribution in [0.1, 0.15) is 11.4 Å². The lowest BCUT2D eigenvalue weighted by molar-refractivity contribution is 0.808. The third kappa shape index (κ3) is 3.58. The van der Waals surface area contributed by atoms with Gasteiger partial charge in [-0.05, 0) is 50.2 Å². The standard InChI is InChI=1S/C19H14Cl3N5/c1-10-6-11(2)27(26-10)19-18(23-13-5-3-4-12(20)7-13)24-16-8-14(21)15(22)9-17(16)25-19/h3-9H,1-2H3,(H,23,24). The molecule has 5 nitrogen and oxygen atoms in total.